The molecule has 0 N–H and O–H groups in total. The molecule has 5 nitrogen and oxygen atoms in total. The Morgan fingerprint density at radius 2 is 1.67 bits per heavy atom. The van der Waals surface area contributed by atoms with Gasteiger partial charge in [0, 0.05) is 41.8 Å². The monoisotopic (exact) mass is 500 g/mol. The summed E-state index contributed by atoms with van der Waals surface area (Å²) in [7, 11) is -1.85. The minimum atomic E-state index is -3.53. The summed E-state index contributed by atoms with van der Waals surface area (Å²) in [5.74, 6) is 0.848. The van der Waals surface area contributed by atoms with Crippen molar-refractivity contribution in [2.75, 3.05) is 20.2 Å². The van der Waals surface area contributed by atoms with E-state index in [-0.39, 0.29) is 0 Å². The molecular formula is C30H32N2O3S. The lowest BCUT2D eigenvalue weighted by Crippen LogP contribution is -2.34. The highest BCUT2D eigenvalue weighted by Crippen LogP contribution is 2.36. The van der Waals surface area contributed by atoms with Crippen LogP contribution in [-0.4, -0.2) is 37.5 Å². The Hall–Kier alpha value is -3.35. The molecule has 0 unspecified atom stereocenters. The van der Waals surface area contributed by atoms with Crippen LogP contribution >= 0.6 is 0 Å². The third-order valence-corrected chi connectivity index (χ3v) is 9.20. The first-order chi connectivity index (χ1) is 17.3. The first-order valence-corrected chi connectivity index (χ1v) is 13.7. The molecule has 2 heterocycles. The molecule has 0 saturated carbocycles. The number of nitrogens with zero attached hydrogens (tertiary/aromatic N) is 2. The van der Waals surface area contributed by atoms with Gasteiger partial charge in [-0.1, -0.05) is 42.5 Å². The Balaban J connectivity index is 1.47. The van der Waals surface area contributed by atoms with E-state index in [1.807, 2.05) is 32.0 Å². The summed E-state index contributed by atoms with van der Waals surface area (Å²) in [6.07, 6.45) is 2.77. The van der Waals surface area contributed by atoms with Crippen molar-refractivity contribution in [3.63, 3.8) is 0 Å². The van der Waals surface area contributed by atoms with Gasteiger partial charge in [-0.2, -0.15) is 4.31 Å². The van der Waals surface area contributed by atoms with E-state index in [0.717, 1.165) is 23.4 Å². The van der Waals surface area contributed by atoms with Gasteiger partial charge in [-0.15, -0.1) is 0 Å². The third-order valence-electron chi connectivity index (χ3n) is 7.34. The second-order valence-corrected chi connectivity index (χ2v) is 11.4. The molecule has 186 valence electrons. The summed E-state index contributed by atoms with van der Waals surface area (Å²) in [6, 6.07) is 22.0. The van der Waals surface area contributed by atoms with Crippen LogP contribution in [0.15, 0.2) is 77.7 Å². The van der Waals surface area contributed by atoms with E-state index in [9.17, 15) is 8.42 Å². The zero-order valence-electron chi connectivity index (χ0n) is 21.3. The average molecular weight is 501 g/mol. The third kappa shape index (κ3) is 4.36. The van der Waals surface area contributed by atoms with Crippen molar-refractivity contribution in [2.45, 2.75) is 38.6 Å². The zero-order chi connectivity index (χ0) is 25.4. The molecular weight excluding hydrogens is 468 g/mol. The van der Waals surface area contributed by atoms with Crippen molar-refractivity contribution in [3.8, 4) is 5.75 Å². The molecule has 0 radical (unpaired) electrons. The number of para-hydroxylation sites is 1. The lowest BCUT2D eigenvalue weighted by molar-refractivity contribution is 0.414. The van der Waals surface area contributed by atoms with E-state index < -0.39 is 10.0 Å². The van der Waals surface area contributed by atoms with Crippen LogP contribution in [0.5, 0.6) is 5.75 Å². The Morgan fingerprint density at radius 3 is 2.33 bits per heavy atom. The van der Waals surface area contributed by atoms with E-state index in [0.29, 0.717) is 24.4 Å². The van der Waals surface area contributed by atoms with Crippen molar-refractivity contribution in [2.24, 2.45) is 0 Å². The van der Waals surface area contributed by atoms with Crippen LogP contribution in [0.3, 0.4) is 0 Å². The minimum absolute atomic E-state index is 0.370. The molecule has 5 rings (SSSR count). The Bertz CT molecular complexity index is 1560. The molecule has 0 spiro atoms. The van der Waals surface area contributed by atoms with Crippen LogP contribution in [0.2, 0.25) is 0 Å². The van der Waals surface area contributed by atoms with Crippen LogP contribution in [0, 0.1) is 20.8 Å². The molecule has 6 heteroatoms. The van der Waals surface area contributed by atoms with E-state index >= 15 is 0 Å². The largest absolute Gasteiger partial charge is 0.497 e. The number of hydrogen-bond donors (Lipinski definition) is 0. The Labute approximate surface area is 213 Å². The van der Waals surface area contributed by atoms with Crippen LogP contribution in [0.25, 0.3) is 16.5 Å². The maximum Gasteiger partial charge on any atom is 0.243 e. The van der Waals surface area contributed by atoms with Gasteiger partial charge in [-0.3, -0.25) is 0 Å². The summed E-state index contributed by atoms with van der Waals surface area (Å²) in [5, 5.41) is 1.21. The number of aryl methyl sites for hydroxylation is 2. The van der Waals surface area contributed by atoms with Crippen molar-refractivity contribution < 1.29 is 13.2 Å². The molecule has 0 bridgehead atoms. The Kier molecular flexibility index (Phi) is 6.49. The quantitative estimate of drug-likeness (QED) is 0.321. The fourth-order valence-electron chi connectivity index (χ4n) is 5.07. The van der Waals surface area contributed by atoms with Gasteiger partial charge < -0.3 is 9.30 Å². The molecule has 0 amide bonds. The summed E-state index contributed by atoms with van der Waals surface area (Å²) in [6.45, 7) is 7.72. The van der Waals surface area contributed by atoms with Crippen LogP contribution in [-0.2, 0) is 16.6 Å². The fraction of sp³-hybridized carbons (Fsp3) is 0.267. The molecule has 0 atom stereocenters. The van der Waals surface area contributed by atoms with E-state index in [2.05, 4.69) is 54.0 Å². The van der Waals surface area contributed by atoms with E-state index in [1.54, 1.807) is 23.5 Å². The summed E-state index contributed by atoms with van der Waals surface area (Å²) in [4.78, 5) is 0.370. The second-order valence-electron chi connectivity index (χ2n) is 9.50. The van der Waals surface area contributed by atoms with E-state index in [1.165, 1.54) is 33.3 Å². The van der Waals surface area contributed by atoms with Gasteiger partial charge in [0.05, 0.1) is 12.0 Å². The topological polar surface area (TPSA) is 51.5 Å². The highest BCUT2D eigenvalue weighted by atomic mass is 32.2. The maximum atomic E-state index is 13.3. The molecule has 1 aromatic heterocycles. The molecule has 1 aliphatic rings. The standard InChI is InChI=1S/C30H32N2O3S/c1-21-9-14-27(19-22(21)2)36(33,34)31-17-15-25(16-18-31)30-23(3)32(29-8-6-5-7-28(29)30)20-24-10-12-26(35-4)13-11-24/h5-15,19H,16-18,20H2,1-4H3. The molecule has 3 aromatic carbocycles. The predicted octanol–water partition coefficient (Wildman–Crippen LogP) is 6.10. The Morgan fingerprint density at radius 1 is 0.917 bits per heavy atom. The van der Waals surface area contributed by atoms with Crippen molar-refractivity contribution >= 4 is 26.5 Å². The van der Waals surface area contributed by atoms with Gasteiger partial charge in [0.2, 0.25) is 10.0 Å². The summed E-state index contributed by atoms with van der Waals surface area (Å²) < 4.78 is 35.9. The molecule has 0 aliphatic carbocycles. The molecule has 36 heavy (non-hydrogen) atoms. The smallest absolute Gasteiger partial charge is 0.243 e. The fourth-order valence-corrected chi connectivity index (χ4v) is 6.54. The number of methoxy groups -OCH3 is 1. The van der Waals surface area contributed by atoms with Crippen LogP contribution < -0.4 is 4.74 Å². The number of sulfonamides is 1. The molecule has 4 aromatic rings. The van der Waals surface area contributed by atoms with Crippen molar-refractivity contribution in [1.29, 1.82) is 0 Å². The van der Waals surface area contributed by atoms with Crippen molar-refractivity contribution in [1.82, 2.24) is 8.87 Å². The number of benzene rings is 3. The van der Waals surface area contributed by atoms with Gasteiger partial charge in [0.25, 0.3) is 0 Å². The number of fused-ring (bicyclic) bond motifs is 1. The summed E-state index contributed by atoms with van der Waals surface area (Å²) in [5.41, 5.74) is 8.11. The number of ether oxygens (including phenoxy) is 1. The number of aromatic nitrogens is 1. The SMILES string of the molecule is COc1ccc(Cn2c(C)c(C3=CCN(S(=O)(=O)c4ccc(C)c(C)c4)CC3)c3ccccc32)cc1. The van der Waals surface area contributed by atoms with Gasteiger partial charge in [0.15, 0.2) is 0 Å². The molecule has 0 fully saturated rings. The molecule has 0 saturated heterocycles. The van der Waals surface area contributed by atoms with E-state index in [4.69, 9.17) is 4.74 Å². The molecule has 1 aliphatic heterocycles. The van der Waals surface area contributed by atoms with Gasteiger partial charge in [-0.05, 0) is 79.8 Å². The number of hydrogen-bond acceptors (Lipinski definition) is 3. The second kappa shape index (κ2) is 9.60. The summed E-state index contributed by atoms with van der Waals surface area (Å²) >= 11 is 0. The first-order valence-electron chi connectivity index (χ1n) is 12.3. The van der Waals surface area contributed by atoms with Crippen LogP contribution in [0.4, 0.5) is 0 Å². The lowest BCUT2D eigenvalue weighted by Gasteiger charge is -2.26. The lowest BCUT2D eigenvalue weighted by atomic mass is 9.97. The highest BCUT2D eigenvalue weighted by molar-refractivity contribution is 7.89. The van der Waals surface area contributed by atoms with Gasteiger partial charge in [-0.25, -0.2) is 8.42 Å². The number of rotatable bonds is 6. The minimum Gasteiger partial charge on any atom is -0.497 e. The van der Waals surface area contributed by atoms with Gasteiger partial charge >= 0.3 is 0 Å². The zero-order valence-corrected chi connectivity index (χ0v) is 22.1. The first kappa shape index (κ1) is 24.3. The average Bonchev–Trinajstić information content (AvgIpc) is 3.17. The van der Waals surface area contributed by atoms with Crippen molar-refractivity contribution in [3.05, 3.63) is 101 Å². The highest BCUT2D eigenvalue weighted by Gasteiger charge is 2.28. The normalized spacial score (nSPS) is 14.7. The predicted molar refractivity (Wildman–Crippen MR) is 146 cm³/mol. The van der Waals surface area contributed by atoms with Gasteiger partial charge in [0.1, 0.15) is 5.75 Å². The maximum absolute atomic E-state index is 13.3. The van der Waals surface area contributed by atoms with Crippen LogP contribution in [0.1, 0.15) is 34.4 Å².